The number of unbranched alkanes of at least 4 members (excludes halogenated alkanes) is 13. The number of urea groups is 1. The first-order chi connectivity index (χ1) is 14.6. The molecular formula is C26H46N2O2. The van der Waals surface area contributed by atoms with Crippen molar-refractivity contribution in [2.75, 3.05) is 13.1 Å². The number of carbonyl (C=O) groups excluding carboxylic acids is 1. The van der Waals surface area contributed by atoms with Crippen LogP contribution in [-0.4, -0.2) is 29.1 Å². The number of phenols is 1. The number of carbonyl (C=O) groups is 1. The van der Waals surface area contributed by atoms with E-state index in [2.05, 4.69) is 6.92 Å². The maximum Gasteiger partial charge on any atom is 0.314 e. The number of phenolic OH excluding ortho intramolecular Hbond substituents is 1. The summed E-state index contributed by atoms with van der Waals surface area (Å²) in [5, 5.41) is 9.33. The van der Waals surface area contributed by atoms with Gasteiger partial charge in [0.25, 0.3) is 0 Å². The van der Waals surface area contributed by atoms with Gasteiger partial charge in [0.05, 0.1) is 0 Å². The normalized spacial score (nSPS) is 11.0. The van der Waals surface area contributed by atoms with Gasteiger partial charge in [0.15, 0.2) is 0 Å². The van der Waals surface area contributed by atoms with E-state index in [9.17, 15) is 9.90 Å². The third-order valence-corrected chi connectivity index (χ3v) is 5.92. The van der Waals surface area contributed by atoms with Crippen LogP contribution in [0, 0.1) is 0 Å². The molecule has 0 bridgehead atoms. The van der Waals surface area contributed by atoms with E-state index in [1.54, 1.807) is 17.0 Å². The number of benzene rings is 1. The predicted octanol–water partition coefficient (Wildman–Crippen LogP) is 7.19. The predicted molar refractivity (Wildman–Crippen MR) is 128 cm³/mol. The van der Waals surface area contributed by atoms with E-state index in [1.807, 2.05) is 12.1 Å². The molecule has 0 aromatic heterocycles. The highest BCUT2D eigenvalue weighted by Crippen LogP contribution is 2.14. The first kappa shape index (κ1) is 26.3. The molecule has 0 atom stereocenters. The highest BCUT2D eigenvalue weighted by atomic mass is 16.3. The Kier molecular flexibility index (Phi) is 15.9. The number of amides is 2. The van der Waals surface area contributed by atoms with Crippen molar-refractivity contribution in [3.05, 3.63) is 29.8 Å². The van der Waals surface area contributed by atoms with Gasteiger partial charge in [-0.25, -0.2) is 4.79 Å². The van der Waals surface area contributed by atoms with E-state index in [-0.39, 0.29) is 11.8 Å². The van der Waals surface area contributed by atoms with Crippen LogP contribution < -0.4 is 5.73 Å². The summed E-state index contributed by atoms with van der Waals surface area (Å²) in [6.45, 7) is 3.74. The third kappa shape index (κ3) is 14.3. The van der Waals surface area contributed by atoms with Crippen molar-refractivity contribution in [1.82, 2.24) is 4.90 Å². The molecule has 0 unspecified atom stereocenters. The second-order valence-electron chi connectivity index (χ2n) is 8.69. The molecule has 2 amide bonds. The highest BCUT2D eigenvalue weighted by Gasteiger charge is 2.08. The van der Waals surface area contributed by atoms with Crippen LogP contribution in [0.1, 0.15) is 109 Å². The molecule has 3 N–H and O–H groups in total. The van der Waals surface area contributed by atoms with Gasteiger partial charge >= 0.3 is 6.03 Å². The fraction of sp³-hybridized carbons (Fsp3) is 0.731. The van der Waals surface area contributed by atoms with E-state index >= 15 is 0 Å². The SMILES string of the molecule is CCCCCCCCCCCCCCCCN(CCCc1ccc(O)cc1)C(N)=O. The molecular weight excluding hydrogens is 372 g/mol. The van der Waals surface area contributed by atoms with Gasteiger partial charge in [0.2, 0.25) is 0 Å². The Morgan fingerprint density at radius 2 is 1.17 bits per heavy atom. The molecule has 1 aromatic rings. The van der Waals surface area contributed by atoms with Crippen molar-refractivity contribution >= 4 is 6.03 Å². The Morgan fingerprint density at radius 3 is 1.63 bits per heavy atom. The Morgan fingerprint density at radius 1 is 0.733 bits per heavy atom. The average Bonchev–Trinajstić information content (AvgIpc) is 2.73. The van der Waals surface area contributed by atoms with Gasteiger partial charge in [-0.1, -0.05) is 103 Å². The molecule has 0 radical (unpaired) electrons. The maximum atomic E-state index is 11.7. The van der Waals surface area contributed by atoms with Crippen molar-refractivity contribution in [3.63, 3.8) is 0 Å². The molecule has 1 rings (SSSR count). The lowest BCUT2D eigenvalue weighted by Gasteiger charge is -2.20. The molecule has 30 heavy (non-hydrogen) atoms. The second-order valence-corrected chi connectivity index (χ2v) is 8.69. The zero-order valence-electron chi connectivity index (χ0n) is 19.4. The van der Waals surface area contributed by atoms with Crippen LogP contribution in [0.3, 0.4) is 0 Å². The lowest BCUT2D eigenvalue weighted by Crippen LogP contribution is -2.37. The minimum atomic E-state index is -0.310. The molecule has 0 aliphatic carbocycles. The van der Waals surface area contributed by atoms with Gasteiger partial charge < -0.3 is 15.7 Å². The summed E-state index contributed by atoms with van der Waals surface area (Å²) in [7, 11) is 0. The zero-order valence-corrected chi connectivity index (χ0v) is 19.4. The number of rotatable bonds is 19. The first-order valence-electron chi connectivity index (χ1n) is 12.5. The summed E-state index contributed by atoms with van der Waals surface area (Å²) in [5.74, 6) is 0.287. The number of primary amides is 1. The first-order valence-corrected chi connectivity index (χ1v) is 12.5. The second kappa shape index (κ2) is 18.1. The lowest BCUT2D eigenvalue weighted by molar-refractivity contribution is 0.205. The van der Waals surface area contributed by atoms with E-state index < -0.39 is 0 Å². The number of aromatic hydroxyl groups is 1. The fourth-order valence-corrected chi connectivity index (χ4v) is 3.97. The number of nitrogens with zero attached hydrogens (tertiary/aromatic N) is 1. The van der Waals surface area contributed by atoms with Crippen molar-refractivity contribution in [2.45, 2.75) is 110 Å². The maximum absolute atomic E-state index is 11.7. The minimum Gasteiger partial charge on any atom is -0.508 e. The minimum absolute atomic E-state index is 0.287. The average molecular weight is 419 g/mol. The molecule has 172 valence electrons. The van der Waals surface area contributed by atoms with E-state index in [4.69, 9.17) is 5.73 Å². The van der Waals surface area contributed by atoms with Crippen LogP contribution in [0.4, 0.5) is 4.79 Å². The number of nitrogens with two attached hydrogens (primary N) is 1. The monoisotopic (exact) mass is 418 g/mol. The van der Waals surface area contributed by atoms with Crippen LogP contribution in [0.25, 0.3) is 0 Å². The molecule has 0 saturated carbocycles. The Hall–Kier alpha value is -1.71. The standard InChI is InChI=1S/C26H46N2O2/c1-2-3-4-5-6-7-8-9-10-11-12-13-14-15-22-28(26(27)30)23-16-17-24-18-20-25(29)21-19-24/h18-21,29H,2-17,22-23H2,1H3,(H2,27,30). The van der Waals surface area contributed by atoms with Gasteiger partial charge in [-0.05, 0) is 37.0 Å². The smallest absolute Gasteiger partial charge is 0.314 e. The molecule has 0 spiro atoms. The van der Waals surface area contributed by atoms with Gasteiger partial charge in [0.1, 0.15) is 5.75 Å². The van der Waals surface area contributed by atoms with Crippen molar-refractivity contribution in [1.29, 1.82) is 0 Å². The van der Waals surface area contributed by atoms with Crippen LogP contribution in [-0.2, 0) is 6.42 Å². The van der Waals surface area contributed by atoms with Gasteiger partial charge in [0, 0.05) is 13.1 Å². The van der Waals surface area contributed by atoms with E-state index in [0.717, 1.165) is 25.8 Å². The van der Waals surface area contributed by atoms with Crippen molar-refractivity contribution in [3.8, 4) is 5.75 Å². The van der Waals surface area contributed by atoms with E-state index in [1.165, 1.54) is 89.0 Å². The van der Waals surface area contributed by atoms with E-state index in [0.29, 0.717) is 6.54 Å². The largest absolute Gasteiger partial charge is 0.508 e. The number of hydrogen-bond donors (Lipinski definition) is 2. The summed E-state index contributed by atoms with van der Waals surface area (Å²) in [4.78, 5) is 13.4. The molecule has 0 aliphatic rings. The summed E-state index contributed by atoms with van der Waals surface area (Å²) in [5.41, 5.74) is 6.72. The quantitative estimate of drug-likeness (QED) is 0.233. The Balaban J connectivity index is 1.95. The Labute approximate surface area is 185 Å². The summed E-state index contributed by atoms with van der Waals surface area (Å²) >= 11 is 0. The molecule has 0 saturated heterocycles. The highest BCUT2D eigenvalue weighted by molar-refractivity contribution is 5.71. The van der Waals surface area contributed by atoms with Crippen molar-refractivity contribution < 1.29 is 9.90 Å². The molecule has 0 heterocycles. The molecule has 4 heteroatoms. The van der Waals surface area contributed by atoms with Gasteiger partial charge in [-0.2, -0.15) is 0 Å². The van der Waals surface area contributed by atoms with Gasteiger partial charge in [-0.15, -0.1) is 0 Å². The molecule has 1 aromatic carbocycles. The number of aryl methyl sites for hydroxylation is 1. The van der Waals surface area contributed by atoms with Crippen LogP contribution in [0.5, 0.6) is 5.75 Å². The molecule has 4 nitrogen and oxygen atoms in total. The topological polar surface area (TPSA) is 66.6 Å². The number of hydrogen-bond acceptors (Lipinski definition) is 2. The fourth-order valence-electron chi connectivity index (χ4n) is 3.97. The zero-order chi connectivity index (χ0) is 21.9. The Bertz CT molecular complexity index is 530. The third-order valence-electron chi connectivity index (χ3n) is 5.92. The summed E-state index contributed by atoms with van der Waals surface area (Å²) in [6, 6.07) is 6.95. The molecule has 0 aliphatic heterocycles. The lowest BCUT2D eigenvalue weighted by atomic mass is 10.0. The molecule has 0 fully saturated rings. The summed E-state index contributed by atoms with van der Waals surface area (Å²) in [6.07, 6.45) is 20.5. The summed E-state index contributed by atoms with van der Waals surface area (Å²) < 4.78 is 0. The van der Waals surface area contributed by atoms with Crippen LogP contribution in [0.15, 0.2) is 24.3 Å². The van der Waals surface area contributed by atoms with Crippen molar-refractivity contribution in [2.24, 2.45) is 5.73 Å². The van der Waals surface area contributed by atoms with Crippen LogP contribution >= 0.6 is 0 Å². The van der Waals surface area contributed by atoms with Crippen LogP contribution in [0.2, 0.25) is 0 Å². The van der Waals surface area contributed by atoms with Gasteiger partial charge in [-0.3, -0.25) is 0 Å².